The molecule has 0 aliphatic rings. The summed E-state index contributed by atoms with van der Waals surface area (Å²) >= 11 is 0. The molecular formula is C60H38N4. The fourth-order valence-electron chi connectivity index (χ4n) is 10.8. The number of benzene rings is 10. The zero-order valence-corrected chi connectivity index (χ0v) is 34.7. The molecule has 64 heavy (non-hydrogen) atoms. The molecule has 0 N–H and O–H groups in total. The van der Waals surface area contributed by atoms with Gasteiger partial charge in [0.05, 0.1) is 44.1 Å². The van der Waals surface area contributed by atoms with E-state index in [1.165, 1.54) is 81.8 Å². The summed E-state index contributed by atoms with van der Waals surface area (Å²) in [7, 11) is 0. The highest BCUT2D eigenvalue weighted by molar-refractivity contribution is 6.14. The first-order valence-electron chi connectivity index (χ1n) is 22.0. The largest absolute Gasteiger partial charge is 0.309 e. The lowest BCUT2D eigenvalue weighted by Gasteiger charge is -2.16. The number of aromatic nitrogens is 4. The second kappa shape index (κ2) is 13.4. The SMILES string of the molecule is c1ccc(-c2cc(-n3c4ccccc4c4cc(-n5c6ccccc6c6ccccc65)ccc43)cc(-n3c4ccccc4c4ccc(-n5c6ccccc6c6ccccc65)cc43)c2)cc1. The molecule has 0 aliphatic heterocycles. The van der Waals surface area contributed by atoms with Crippen molar-refractivity contribution in [2.24, 2.45) is 0 Å². The fourth-order valence-corrected chi connectivity index (χ4v) is 10.8. The lowest BCUT2D eigenvalue weighted by molar-refractivity contribution is 1.13. The Morgan fingerprint density at radius 2 is 0.500 bits per heavy atom. The van der Waals surface area contributed by atoms with Crippen LogP contribution in [0.3, 0.4) is 0 Å². The fraction of sp³-hybridized carbons (Fsp3) is 0. The Labute approximate surface area is 368 Å². The smallest absolute Gasteiger partial charge is 0.0561 e. The van der Waals surface area contributed by atoms with E-state index in [1.807, 2.05) is 0 Å². The van der Waals surface area contributed by atoms with Gasteiger partial charge in [-0.2, -0.15) is 0 Å². The maximum atomic E-state index is 2.48. The van der Waals surface area contributed by atoms with Gasteiger partial charge in [0.25, 0.3) is 0 Å². The van der Waals surface area contributed by atoms with Gasteiger partial charge in [-0.15, -0.1) is 0 Å². The molecule has 4 heterocycles. The third-order valence-electron chi connectivity index (χ3n) is 13.5. The molecule has 298 valence electrons. The van der Waals surface area contributed by atoms with Crippen molar-refractivity contribution in [1.82, 2.24) is 18.3 Å². The summed E-state index contributed by atoms with van der Waals surface area (Å²) in [5.74, 6) is 0. The van der Waals surface area contributed by atoms with Crippen molar-refractivity contribution in [1.29, 1.82) is 0 Å². The van der Waals surface area contributed by atoms with Gasteiger partial charge in [0.1, 0.15) is 0 Å². The number of fused-ring (bicyclic) bond motifs is 12. The van der Waals surface area contributed by atoms with Crippen molar-refractivity contribution in [3.05, 3.63) is 231 Å². The van der Waals surface area contributed by atoms with E-state index in [4.69, 9.17) is 0 Å². The predicted octanol–water partition coefficient (Wildman–Crippen LogP) is 15.7. The van der Waals surface area contributed by atoms with Crippen molar-refractivity contribution in [3.63, 3.8) is 0 Å². The quantitative estimate of drug-likeness (QED) is 0.165. The van der Waals surface area contributed by atoms with Gasteiger partial charge in [-0.05, 0) is 96.1 Å². The molecular weight excluding hydrogens is 777 g/mol. The van der Waals surface area contributed by atoms with Crippen molar-refractivity contribution in [2.45, 2.75) is 0 Å². The molecule has 0 fully saturated rings. The molecule has 0 unspecified atom stereocenters. The molecule has 0 saturated heterocycles. The van der Waals surface area contributed by atoms with Gasteiger partial charge in [-0.1, -0.05) is 146 Å². The van der Waals surface area contributed by atoms with E-state index in [9.17, 15) is 0 Å². The van der Waals surface area contributed by atoms with Crippen LogP contribution in [-0.2, 0) is 0 Å². The standard InChI is InChI=1S/C60H38N4/c1-2-16-39(17-3-1)40-34-43(63-58-29-15-9-23-50(58)52-37-41(31-33-59(52)63)61-53-24-10-4-18-45(53)46-19-5-11-25-54(46)61)36-44(35-40)64-57-28-14-8-22-49(57)51-32-30-42(38-60(51)64)62-55-26-12-6-20-47(55)48-21-7-13-27-56(48)62/h1-38H. The molecule has 14 aromatic rings. The number of rotatable bonds is 5. The zero-order valence-electron chi connectivity index (χ0n) is 34.7. The normalized spacial score (nSPS) is 12.1. The summed E-state index contributed by atoms with van der Waals surface area (Å²) in [5.41, 5.74) is 16.3. The molecule has 10 aromatic carbocycles. The summed E-state index contributed by atoms with van der Waals surface area (Å²) in [5, 5.41) is 9.93. The minimum absolute atomic E-state index is 1.11. The maximum Gasteiger partial charge on any atom is 0.0561 e. The first kappa shape index (κ1) is 35.0. The first-order valence-corrected chi connectivity index (χ1v) is 22.0. The van der Waals surface area contributed by atoms with E-state index in [2.05, 4.69) is 249 Å². The van der Waals surface area contributed by atoms with E-state index >= 15 is 0 Å². The zero-order chi connectivity index (χ0) is 41.9. The van der Waals surface area contributed by atoms with Crippen LogP contribution in [0.5, 0.6) is 0 Å². The number of para-hydroxylation sites is 6. The second-order valence-corrected chi connectivity index (χ2v) is 17.0. The van der Waals surface area contributed by atoms with Gasteiger partial charge in [0, 0.05) is 65.8 Å². The van der Waals surface area contributed by atoms with Crippen LogP contribution < -0.4 is 0 Å². The predicted molar refractivity (Wildman–Crippen MR) is 269 cm³/mol. The van der Waals surface area contributed by atoms with Crippen LogP contribution in [0.2, 0.25) is 0 Å². The molecule has 0 radical (unpaired) electrons. The van der Waals surface area contributed by atoms with Gasteiger partial charge in [0.15, 0.2) is 0 Å². The average molecular weight is 815 g/mol. The molecule has 0 atom stereocenters. The topological polar surface area (TPSA) is 19.7 Å². The minimum Gasteiger partial charge on any atom is -0.309 e. The van der Waals surface area contributed by atoms with Gasteiger partial charge < -0.3 is 18.3 Å². The highest BCUT2D eigenvalue weighted by atomic mass is 15.0. The summed E-state index contributed by atoms with van der Waals surface area (Å²) in [4.78, 5) is 0. The third kappa shape index (κ3) is 4.99. The Bertz CT molecular complexity index is 4090. The highest BCUT2D eigenvalue weighted by Gasteiger charge is 2.20. The Balaban J connectivity index is 1.04. The number of hydrogen-bond acceptors (Lipinski definition) is 0. The first-order chi connectivity index (χ1) is 31.8. The minimum atomic E-state index is 1.11. The van der Waals surface area contributed by atoms with E-state index in [0.29, 0.717) is 0 Å². The molecule has 0 bridgehead atoms. The second-order valence-electron chi connectivity index (χ2n) is 17.0. The van der Waals surface area contributed by atoms with Gasteiger partial charge in [0.2, 0.25) is 0 Å². The van der Waals surface area contributed by atoms with Crippen LogP contribution in [0.25, 0.3) is 121 Å². The molecule has 4 heteroatoms. The Hall–Kier alpha value is -8.60. The van der Waals surface area contributed by atoms with Crippen LogP contribution in [0.15, 0.2) is 231 Å². The van der Waals surface area contributed by atoms with E-state index in [1.54, 1.807) is 0 Å². The Kier molecular flexibility index (Phi) is 7.36. The lowest BCUT2D eigenvalue weighted by atomic mass is 10.0. The van der Waals surface area contributed by atoms with Crippen LogP contribution in [0.4, 0.5) is 0 Å². The highest BCUT2D eigenvalue weighted by Crippen LogP contribution is 2.41. The van der Waals surface area contributed by atoms with Crippen LogP contribution in [-0.4, -0.2) is 18.3 Å². The van der Waals surface area contributed by atoms with Gasteiger partial charge >= 0.3 is 0 Å². The molecule has 4 aromatic heterocycles. The molecule has 4 nitrogen and oxygen atoms in total. The van der Waals surface area contributed by atoms with Crippen LogP contribution in [0, 0.1) is 0 Å². The van der Waals surface area contributed by atoms with E-state index < -0.39 is 0 Å². The molecule has 0 aliphatic carbocycles. The average Bonchev–Trinajstić information content (AvgIpc) is 4.09. The molecule has 0 saturated carbocycles. The summed E-state index contributed by atoms with van der Waals surface area (Å²) in [6, 6.07) is 84.6. The van der Waals surface area contributed by atoms with Gasteiger partial charge in [-0.3, -0.25) is 0 Å². The van der Waals surface area contributed by atoms with Crippen molar-refractivity contribution < 1.29 is 0 Å². The summed E-state index contributed by atoms with van der Waals surface area (Å²) in [6.07, 6.45) is 0. The molecule has 0 amide bonds. The van der Waals surface area contributed by atoms with Crippen molar-refractivity contribution >= 4 is 87.2 Å². The molecule has 0 spiro atoms. The van der Waals surface area contributed by atoms with Crippen molar-refractivity contribution in [2.75, 3.05) is 0 Å². The number of nitrogens with zero attached hydrogens (tertiary/aromatic N) is 4. The lowest BCUT2D eigenvalue weighted by Crippen LogP contribution is -2.01. The molecule has 14 rings (SSSR count). The Morgan fingerprint density at radius 3 is 0.969 bits per heavy atom. The van der Waals surface area contributed by atoms with Gasteiger partial charge in [-0.25, -0.2) is 0 Å². The van der Waals surface area contributed by atoms with E-state index in [-0.39, 0.29) is 0 Å². The number of hydrogen-bond donors (Lipinski definition) is 0. The maximum absolute atomic E-state index is 2.48. The van der Waals surface area contributed by atoms with E-state index in [0.717, 1.165) is 39.3 Å². The Morgan fingerprint density at radius 1 is 0.172 bits per heavy atom. The van der Waals surface area contributed by atoms with Crippen LogP contribution in [0.1, 0.15) is 0 Å². The third-order valence-corrected chi connectivity index (χ3v) is 13.5. The van der Waals surface area contributed by atoms with Crippen LogP contribution >= 0.6 is 0 Å². The van der Waals surface area contributed by atoms with Crippen molar-refractivity contribution in [3.8, 4) is 33.9 Å². The summed E-state index contributed by atoms with van der Waals surface area (Å²) in [6.45, 7) is 0. The summed E-state index contributed by atoms with van der Waals surface area (Å²) < 4.78 is 9.78. The monoisotopic (exact) mass is 814 g/mol.